The first-order valence-corrected chi connectivity index (χ1v) is 23.3. The van der Waals surface area contributed by atoms with Crippen molar-refractivity contribution in [1.29, 1.82) is 0 Å². The Hall–Kier alpha value is -9.39. The molecular formula is C63H39N5O. The standard InChI is InChI=1S/C63H39N5O/c1-4-17-40(18-5-1)42-21-16-22-43(35-42)44-32-34-59-52(36-44)53-38-47(68-56-29-14-10-25-48(56)49-26-11-15-30-57(49)68)39-54(60(53)69-59)63-65-61(41-19-6-2-7-20-41)64-62(66-63)45-31-33-51-50-27-12-13-28-55(50)67(58(51)37-45)46-23-8-3-9-24-46/h1-39H. The number of furan rings is 1. The van der Waals surface area contributed by atoms with Gasteiger partial charge in [0.2, 0.25) is 0 Å². The van der Waals surface area contributed by atoms with Crippen molar-refractivity contribution >= 4 is 65.6 Å². The Labute approximate surface area is 396 Å². The van der Waals surface area contributed by atoms with Crippen LogP contribution in [0.15, 0.2) is 241 Å². The lowest BCUT2D eigenvalue weighted by atomic mass is 9.97. The molecule has 0 aliphatic heterocycles. The third kappa shape index (κ3) is 6.38. The Morgan fingerprint density at radius 3 is 1.43 bits per heavy atom. The molecule has 0 fully saturated rings. The Morgan fingerprint density at radius 2 is 0.768 bits per heavy atom. The highest BCUT2D eigenvalue weighted by Crippen LogP contribution is 2.42. The number of benzene rings is 10. The molecule has 0 N–H and O–H groups in total. The molecule has 0 bridgehead atoms. The summed E-state index contributed by atoms with van der Waals surface area (Å²) in [4.78, 5) is 16.0. The number of hydrogen-bond acceptors (Lipinski definition) is 4. The Morgan fingerprint density at radius 1 is 0.275 bits per heavy atom. The van der Waals surface area contributed by atoms with Gasteiger partial charge in [0, 0.05) is 54.8 Å². The summed E-state index contributed by atoms with van der Waals surface area (Å²) in [7, 11) is 0. The molecular weight excluding hydrogens is 843 g/mol. The summed E-state index contributed by atoms with van der Waals surface area (Å²) in [5.74, 6) is 1.66. The van der Waals surface area contributed by atoms with Gasteiger partial charge < -0.3 is 13.6 Å². The van der Waals surface area contributed by atoms with Crippen molar-refractivity contribution in [2.24, 2.45) is 0 Å². The van der Waals surface area contributed by atoms with E-state index >= 15 is 0 Å². The van der Waals surface area contributed by atoms with Crippen LogP contribution in [0.1, 0.15) is 0 Å². The van der Waals surface area contributed by atoms with Crippen LogP contribution in [0.5, 0.6) is 0 Å². The minimum atomic E-state index is 0.519. The van der Waals surface area contributed by atoms with Crippen molar-refractivity contribution in [3.8, 4) is 67.8 Å². The normalized spacial score (nSPS) is 11.8. The van der Waals surface area contributed by atoms with Crippen molar-refractivity contribution in [2.45, 2.75) is 0 Å². The lowest BCUT2D eigenvalue weighted by molar-refractivity contribution is 0.669. The van der Waals surface area contributed by atoms with E-state index in [-0.39, 0.29) is 0 Å². The topological polar surface area (TPSA) is 61.7 Å². The molecule has 6 heteroatoms. The summed E-state index contributed by atoms with van der Waals surface area (Å²) in [5, 5.41) is 6.69. The highest BCUT2D eigenvalue weighted by Gasteiger charge is 2.23. The average molecular weight is 882 g/mol. The molecule has 4 heterocycles. The van der Waals surface area contributed by atoms with Gasteiger partial charge in [-0.15, -0.1) is 0 Å². The predicted octanol–water partition coefficient (Wildman–Crippen LogP) is 16.3. The minimum absolute atomic E-state index is 0.519. The number of para-hydroxylation sites is 4. The van der Waals surface area contributed by atoms with E-state index in [0.717, 1.165) is 83.0 Å². The first kappa shape index (κ1) is 38.8. The second kappa shape index (κ2) is 15.6. The molecule has 0 aliphatic rings. The van der Waals surface area contributed by atoms with Crippen molar-refractivity contribution in [1.82, 2.24) is 24.1 Å². The Kier molecular flexibility index (Phi) is 8.79. The molecule has 4 aromatic heterocycles. The van der Waals surface area contributed by atoms with Crippen molar-refractivity contribution in [3.05, 3.63) is 237 Å². The lowest BCUT2D eigenvalue weighted by Crippen LogP contribution is -2.02. The molecule has 14 aromatic rings. The molecule has 69 heavy (non-hydrogen) atoms. The van der Waals surface area contributed by atoms with Gasteiger partial charge in [0.05, 0.1) is 27.6 Å². The number of rotatable bonds is 7. The fourth-order valence-electron chi connectivity index (χ4n) is 10.4. The van der Waals surface area contributed by atoms with Gasteiger partial charge in [0.25, 0.3) is 0 Å². The molecule has 14 rings (SSSR count). The molecule has 10 aromatic carbocycles. The SMILES string of the molecule is c1ccc(-c2cccc(-c3ccc4oc5c(-c6nc(-c7ccccc7)nc(-c7ccc8c9ccccc9n(-c9ccccc9)c8c7)n6)cc(-n6c7ccccc7c7ccccc76)cc5c4c3)c2)cc1. The molecule has 6 nitrogen and oxygen atoms in total. The van der Waals surface area contributed by atoms with Crippen LogP contribution in [0.4, 0.5) is 0 Å². The Balaban J connectivity index is 1.03. The summed E-state index contributed by atoms with van der Waals surface area (Å²) >= 11 is 0. The van der Waals surface area contributed by atoms with Crippen molar-refractivity contribution in [3.63, 3.8) is 0 Å². The van der Waals surface area contributed by atoms with Gasteiger partial charge in [-0.3, -0.25) is 0 Å². The molecule has 0 saturated carbocycles. The number of fused-ring (bicyclic) bond motifs is 9. The zero-order chi connectivity index (χ0) is 45.4. The summed E-state index contributed by atoms with van der Waals surface area (Å²) in [5.41, 5.74) is 15.1. The summed E-state index contributed by atoms with van der Waals surface area (Å²) in [6, 6.07) is 83.3. The van der Waals surface area contributed by atoms with E-state index in [1.807, 2.05) is 18.2 Å². The van der Waals surface area contributed by atoms with Crippen LogP contribution < -0.4 is 0 Å². The highest BCUT2D eigenvalue weighted by atomic mass is 16.3. The molecule has 0 amide bonds. The summed E-state index contributed by atoms with van der Waals surface area (Å²) in [6.07, 6.45) is 0. The van der Waals surface area contributed by atoms with Crippen molar-refractivity contribution < 1.29 is 4.42 Å². The van der Waals surface area contributed by atoms with E-state index in [1.54, 1.807) is 0 Å². The first-order chi connectivity index (χ1) is 34.2. The third-order valence-electron chi connectivity index (χ3n) is 13.6. The van der Waals surface area contributed by atoms with Gasteiger partial charge in [0.1, 0.15) is 11.2 Å². The summed E-state index contributed by atoms with van der Waals surface area (Å²) < 4.78 is 11.7. The maximum atomic E-state index is 7.00. The molecule has 0 unspecified atom stereocenters. The van der Waals surface area contributed by atoms with Crippen LogP contribution in [-0.2, 0) is 0 Å². The van der Waals surface area contributed by atoms with E-state index in [4.69, 9.17) is 19.4 Å². The van der Waals surface area contributed by atoms with Crippen LogP contribution >= 0.6 is 0 Å². The fourth-order valence-corrected chi connectivity index (χ4v) is 10.4. The van der Waals surface area contributed by atoms with E-state index in [0.29, 0.717) is 23.1 Å². The number of nitrogens with zero attached hydrogens (tertiary/aromatic N) is 5. The molecule has 0 aliphatic carbocycles. The second-order valence-electron chi connectivity index (χ2n) is 17.6. The van der Waals surface area contributed by atoms with E-state index in [1.165, 1.54) is 27.3 Å². The Bertz CT molecular complexity index is 4250. The molecule has 322 valence electrons. The first-order valence-electron chi connectivity index (χ1n) is 23.3. The minimum Gasteiger partial charge on any atom is -0.455 e. The third-order valence-corrected chi connectivity index (χ3v) is 13.6. The monoisotopic (exact) mass is 881 g/mol. The van der Waals surface area contributed by atoms with Crippen LogP contribution in [0.3, 0.4) is 0 Å². The summed E-state index contributed by atoms with van der Waals surface area (Å²) in [6.45, 7) is 0. The van der Waals surface area contributed by atoms with E-state index in [2.05, 4.69) is 228 Å². The van der Waals surface area contributed by atoms with E-state index in [9.17, 15) is 0 Å². The van der Waals surface area contributed by atoms with Crippen molar-refractivity contribution in [2.75, 3.05) is 0 Å². The van der Waals surface area contributed by atoms with E-state index < -0.39 is 0 Å². The zero-order valence-corrected chi connectivity index (χ0v) is 37.2. The van der Waals surface area contributed by atoms with Gasteiger partial charge in [-0.05, 0) is 89.0 Å². The van der Waals surface area contributed by atoms with Gasteiger partial charge in [0.15, 0.2) is 17.5 Å². The van der Waals surface area contributed by atoms with Gasteiger partial charge in [-0.2, -0.15) is 0 Å². The van der Waals surface area contributed by atoms with Gasteiger partial charge in [-0.25, -0.2) is 15.0 Å². The smallest absolute Gasteiger partial charge is 0.167 e. The predicted molar refractivity (Wildman–Crippen MR) is 283 cm³/mol. The molecule has 0 atom stereocenters. The van der Waals surface area contributed by atoms with Gasteiger partial charge >= 0.3 is 0 Å². The number of aromatic nitrogens is 5. The lowest BCUT2D eigenvalue weighted by Gasteiger charge is -2.13. The largest absolute Gasteiger partial charge is 0.455 e. The van der Waals surface area contributed by atoms with Crippen LogP contribution in [0, 0.1) is 0 Å². The molecule has 0 radical (unpaired) electrons. The number of hydrogen-bond donors (Lipinski definition) is 0. The maximum absolute atomic E-state index is 7.00. The average Bonchev–Trinajstić information content (AvgIpc) is 4.08. The molecule has 0 spiro atoms. The second-order valence-corrected chi connectivity index (χ2v) is 17.6. The fraction of sp³-hybridized carbons (Fsp3) is 0. The van der Waals surface area contributed by atoms with Gasteiger partial charge in [-0.1, -0.05) is 170 Å². The highest BCUT2D eigenvalue weighted by molar-refractivity contribution is 6.14. The van der Waals surface area contributed by atoms with Crippen LogP contribution in [0.25, 0.3) is 133 Å². The quantitative estimate of drug-likeness (QED) is 0.160. The molecule has 0 saturated heterocycles. The van der Waals surface area contributed by atoms with Crippen LogP contribution in [0.2, 0.25) is 0 Å². The maximum Gasteiger partial charge on any atom is 0.167 e. The zero-order valence-electron chi connectivity index (χ0n) is 37.2. The van der Waals surface area contributed by atoms with Crippen LogP contribution in [-0.4, -0.2) is 24.1 Å².